The van der Waals surface area contributed by atoms with Crippen molar-refractivity contribution in [2.45, 2.75) is 57.2 Å². The van der Waals surface area contributed by atoms with Gasteiger partial charge in [-0.25, -0.2) is 4.79 Å². The molecular formula is C31H37NO6. The van der Waals surface area contributed by atoms with Crippen molar-refractivity contribution < 1.29 is 28.5 Å². The first-order valence-corrected chi connectivity index (χ1v) is 13.5. The Labute approximate surface area is 224 Å². The van der Waals surface area contributed by atoms with Crippen LogP contribution in [0, 0.1) is 17.8 Å². The largest absolute Gasteiger partial charge is 0.467 e. The van der Waals surface area contributed by atoms with Gasteiger partial charge < -0.3 is 24.3 Å². The second-order valence-electron chi connectivity index (χ2n) is 11.1. The monoisotopic (exact) mass is 519 g/mol. The minimum atomic E-state index is -0.428. The number of ether oxygens (including phenoxy) is 4. The fraction of sp³-hybridized carbons (Fsp3) is 0.484. The van der Waals surface area contributed by atoms with Crippen LogP contribution in [-0.4, -0.2) is 38.7 Å². The zero-order valence-electron chi connectivity index (χ0n) is 22.2. The average Bonchev–Trinajstić information content (AvgIpc) is 2.91. The number of amides is 1. The summed E-state index contributed by atoms with van der Waals surface area (Å²) in [7, 11) is 1.60. The molecule has 4 bridgehead atoms. The normalized spacial score (nSPS) is 26.0. The van der Waals surface area contributed by atoms with Gasteiger partial charge in [-0.1, -0.05) is 12.7 Å². The standard InChI is InChI=1S/C31H37NO6/c1-4-11-36-30(34)24-5-8-26(9-6-24)32-29(33)25-7-10-28(38-19-37-20(2)35-3)27(15-25)31-16-21-12-22(17-31)14-23(13-21)18-31/h4-10,15,20-23H,1,11-14,16-19H2,2-3H3,(H,32,33). The molecule has 202 valence electrons. The third kappa shape index (κ3) is 5.64. The molecular weight excluding hydrogens is 482 g/mol. The van der Waals surface area contributed by atoms with E-state index >= 15 is 0 Å². The fourth-order valence-corrected chi connectivity index (χ4v) is 7.02. The molecule has 0 saturated heterocycles. The summed E-state index contributed by atoms with van der Waals surface area (Å²) in [5.74, 6) is 2.43. The van der Waals surface area contributed by atoms with Crippen LogP contribution >= 0.6 is 0 Å². The number of anilines is 1. The smallest absolute Gasteiger partial charge is 0.338 e. The second kappa shape index (κ2) is 11.3. The van der Waals surface area contributed by atoms with Gasteiger partial charge >= 0.3 is 5.97 Å². The maximum Gasteiger partial charge on any atom is 0.338 e. The Kier molecular flexibility index (Phi) is 7.86. The first-order valence-electron chi connectivity index (χ1n) is 13.5. The van der Waals surface area contributed by atoms with Crippen molar-refractivity contribution in [3.63, 3.8) is 0 Å². The van der Waals surface area contributed by atoms with Crippen LogP contribution in [0.1, 0.15) is 71.7 Å². The molecule has 1 atom stereocenters. The minimum Gasteiger partial charge on any atom is -0.467 e. The molecule has 1 unspecified atom stereocenters. The Balaban J connectivity index is 1.36. The molecule has 0 heterocycles. The van der Waals surface area contributed by atoms with Crippen LogP contribution in [0.3, 0.4) is 0 Å². The highest BCUT2D eigenvalue weighted by molar-refractivity contribution is 6.04. The van der Waals surface area contributed by atoms with E-state index in [1.165, 1.54) is 25.3 Å². The van der Waals surface area contributed by atoms with E-state index in [0.29, 0.717) is 16.8 Å². The summed E-state index contributed by atoms with van der Waals surface area (Å²) in [5, 5.41) is 2.96. The Morgan fingerprint density at radius 1 is 1.03 bits per heavy atom. The van der Waals surface area contributed by atoms with E-state index in [4.69, 9.17) is 18.9 Å². The second-order valence-corrected chi connectivity index (χ2v) is 11.1. The lowest BCUT2D eigenvalue weighted by Crippen LogP contribution is -2.48. The van der Waals surface area contributed by atoms with Crippen molar-refractivity contribution in [3.05, 3.63) is 71.8 Å². The Bertz CT molecular complexity index is 1140. The molecule has 1 amide bonds. The highest BCUT2D eigenvalue weighted by atomic mass is 16.7. The molecule has 4 aliphatic rings. The maximum absolute atomic E-state index is 13.3. The maximum atomic E-state index is 13.3. The van der Waals surface area contributed by atoms with E-state index < -0.39 is 5.97 Å². The molecule has 2 aromatic rings. The van der Waals surface area contributed by atoms with E-state index in [1.807, 2.05) is 19.1 Å². The van der Waals surface area contributed by atoms with Gasteiger partial charge in [0.2, 0.25) is 0 Å². The lowest BCUT2D eigenvalue weighted by atomic mass is 9.48. The van der Waals surface area contributed by atoms with Gasteiger partial charge in [-0.05, 0) is 111 Å². The molecule has 0 radical (unpaired) electrons. The van der Waals surface area contributed by atoms with E-state index in [-0.39, 0.29) is 31.0 Å². The van der Waals surface area contributed by atoms with E-state index in [1.54, 1.807) is 37.4 Å². The molecule has 7 nitrogen and oxygen atoms in total. The number of hydrogen-bond donors (Lipinski definition) is 1. The van der Waals surface area contributed by atoms with Gasteiger partial charge in [0, 0.05) is 23.9 Å². The number of esters is 1. The Morgan fingerprint density at radius 3 is 2.26 bits per heavy atom. The van der Waals surface area contributed by atoms with Crippen molar-refractivity contribution >= 4 is 17.6 Å². The summed E-state index contributed by atoms with van der Waals surface area (Å²) in [6.45, 7) is 5.61. The average molecular weight is 520 g/mol. The van der Waals surface area contributed by atoms with E-state index in [9.17, 15) is 9.59 Å². The van der Waals surface area contributed by atoms with Crippen LogP contribution in [0.4, 0.5) is 5.69 Å². The zero-order chi connectivity index (χ0) is 26.7. The van der Waals surface area contributed by atoms with Crippen molar-refractivity contribution in [1.29, 1.82) is 0 Å². The van der Waals surface area contributed by atoms with Gasteiger partial charge in [0.05, 0.1) is 5.56 Å². The highest BCUT2D eigenvalue weighted by Crippen LogP contribution is 2.62. The molecule has 6 rings (SSSR count). The van der Waals surface area contributed by atoms with Gasteiger partial charge in [-0.3, -0.25) is 4.79 Å². The van der Waals surface area contributed by atoms with Crippen LogP contribution in [0.5, 0.6) is 5.75 Å². The topological polar surface area (TPSA) is 83.1 Å². The van der Waals surface area contributed by atoms with Crippen LogP contribution in [0.2, 0.25) is 0 Å². The van der Waals surface area contributed by atoms with Crippen molar-refractivity contribution in [2.75, 3.05) is 25.8 Å². The minimum absolute atomic E-state index is 0.0424. The Hall–Kier alpha value is -3.16. The predicted molar refractivity (Wildman–Crippen MR) is 144 cm³/mol. The number of benzene rings is 2. The van der Waals surface area contributed by atoms with Crippen LogP contribution < -0.4 is 10.1 Å². The van der Waals surface area contributed by atoms with Crippen LogP contribution in [0.15, 0.2) is 55.1 Å². The molecule has 2 aromatic carbocycles. The number of carbonyl (C=O) groups excluding carboxylic acids is 2. The number of nitrogens with one attached hydrogen (secondary N) is 1. The lowest BCUT2D eigenvalue weighted by molar-refractivity contribution is -0.150. The lowest BCUT2D eigenvalue weighted by Gasteiger charge is -2.57. The summed E-state index contributed by atoms with van der Waals surface area (Å²) < 4.78 is 22.0. The zero-order valence-corrected chi connectivity index (χ0v) is 22.2. The molecule has 7 heteroatoms. The number of hydrogen-bond acceptors (Lipinski definition) is 6. The van der Waals surface area contributed by atoms with Crippen LogP contribution in [-0.2, 0) is 19.6 Å². The molecule has 0 spiro atoms. The van der Waals surface area contributed by atoms with Crippen molar-refractivity contribution in [1.82, 2.24) is 0 Å². The first kappa shape index (κ1) is 26.4. The molecule has 38 heavy (non-hydrogen) atoms. The molecule has 4 fully saturated rings. The van der Waals surface area contributed by atoms with Gasteiger partial charge in [0.25, 0.3) is 5.91 Å². The molecule has 0 aromatic heterocycles. The first-order chi connectivity index (χ1) is 18.4. The predicted octanol–water partition coefficient (Wildman–Crippen LogP) is 6.09. The number of carbonyl (C=O) groups is 2. The van der Waals surface area contributed by atoms with Crippen molar-refractivity contribution in [2.24, 2.45) is 17.8 Å². The SMILES string of the molecule is C=CCOC(=O)c1ccc(NC(=O)c2ccc(OCOC(C)OC)c(C34CC5CC(CC(C5)C3)C4)c2)cc1. The molecule has 0 aliphatic heterocycles. The Morgan fingerprint density at radius 2 is 1.66 bits per heavy atom. The molecule has 4 saturated carbocycles. The van der Waals surface area contributed by atoms with E-state index in [2.05, 4.69) is 11.9 Å². The number of methoxy groups -OCH3 is 1. The third-order valence-electron chi connectivity index (χ3n) is 8.41. The van der Waals surface area contributed by atoms with Crippen LogP contribution in [0.25, 0.3) is 0 Å². The van der Waals surface area contributed by atoms with Crippen molar-refractivity contribution in [3.8, 4) is 5.75 Å². The van der Waals surface area contributed by atoms with E-state index in [0.717, 1.165) is 48.3 Å². The summed E-state index contributed by atoms with van der Waals surface area (Å²) in [5.41, 5.74) is 2.78. The fourth-order valence-electron chi connectivity index (χ4n) is 7.02. The van der Waals surface area contributed by atoms with Gasteiger partial charge in [0.15, 0.2) is 13.1 Å². The van der Waals surface area contributed by atoms with Gasteiger partial charge in [0.1, 0.15) is 12.4 Å². The molecule has 4 aliphatic carbocycles. The summed E-state index contributed by atoms with van der Waals surface area (Å²) in [6, 6.07) is 12.4. The summed E-state index contributed by atoms with van der Waals surface area (Å²) >= 11 is 0. The molecule has 1 N–H and O–H groups in total. The third-order valence-corrected chi connectivity index (χ3v) is 8.41. The summed E-state index contributed by atoms with van der Waals surface area (Å²) in [4.78, 5) is 25.3. The van der Waals surface area contributed by atoms with Gasteiger partial charge in [-0.2, -0.15) is 0 Å². The quantitative estimate of drug-likeness (QED) is 0.220. The number of rotatable bonds is 11. The summed E-state index contributed by atoms with van der Waals surface area (Å²) in [6.07, 6.45) is 8.62. The van der Waals surface area contributed by atoms with Gasteiger partial charge in [-0.15, -0.1) is 0 Å². The highest BCUT2D eigenvalue weighted by Gasteiger charge is 2.52.